The first kappa shape index (κ1) is 16.5. The van der Waals surface area contributed by atoms with Crippen LogP contribution in [-0.4, -0.2) is 47.3 Å². The van der Waals surface area contributed by atoms with Crippen LogP contribution in [0.2, 0.25) is 0 Å². The number of ether oxygens (including phenoxy) is 1. The molecule has 4 heterocycles. The highest BCUT2D eigenvalue weighted by atomic mass is 35.5. The number of aromatic nitrogens is 2. The first-order chi connectivity index (χ1) is 10.9. The molecule has 0 aromatic carbocycles. The quantitative estimate of drug-likeness (QED) is 0.722. The van der Waals surface area contributed by atoms with E-state index in [0.717, 1.165) is 45.0 Å². The highest BCUT2D eigenvalue weighted by Gasteiger charge is 2.15. The lowest BCUT2D eigenvalue weighted by molar-refractivity contribution is 0.0366. The normalized spacial score (nSPS) is 15.7. The molecular formula is C17H20ClN3OS. The minimum absolute atomic E-state index is 0. The van der Waals surface area contributed by atoms with Gasteiger partial charge in [0.25, 0.3) is 0 Å². The number of halogens is 1. The van der Waals surface area contributed by atoms with Crippen LogP contribution in [0.25, 0.3) is 21.6 Å². The molecule has 0 amide bonds. The zero-order valence-electron chi connectivity index (χ0n) is 12.9. The number of thiophene rings is 1. The summed E-state index contributed by atoms with van der Waals surface area (Å²) >= 11 is 1.78. The first-order valence-electron chi connectivity index (χ1n) is 7.70. The summed E-state index contributed by atoms with van der Waals surface area (Å²) in [6, 6.07) is 10.7. The van der Waals surface area contributed by atoms with Crippen molar-refractivity contribution in [3.8, 4) is 10.6 Å². The third-order valence-corrected chi connectivity index (χ3v) is 5.07. The molecule has 0 saturated carbocycles. The average Bonchev–Trinajstić information content (AvgIpc) is 3.21. The van der Waals surface area contributed by atoms with Crippen LogP contribution in [-0.2, 0) is 11.3 Å². The number of morpholine rings is 1. The van der Waals surface area contributed by atoms with Crippen LogP contribution in [0.15, 0.2) is 41.9 Å². The van der Waals surface area contributed by atoms with Crippen molar-refractivity contribution in [2.24, 2.45) is 0 Å². The lowest BCUT2D eigenvalue weighted by Crippen LogP contribution is -2.38. The molecular weight excluding hydrogens is 330 g/mol. The number of hydrogen-bond acceptors (Lipinski definition) is 4. The molecule has 1 fully saturated rings. The van der Waals surface area contributed by atoms with Gasteiger partial charge in [0, 0.05) is 37.8 Å². The van der Waals surface area contributed by atoms with E-state index in [4.69, 9.17) is 4.74 Å². The monoisotopic (exact) mass is 349 g/mol. The molecule has 0 N–H and O–H groups in total. The van der Waals surface area contributed by atoms with Crippen molar-refractivity contribution in [3.05, 3.63) is 41.9 Å². The van der Waals surface area contributed by atoms with Crippen molar-refractivity contribution in [1.82, 2.24) is 14.5 Å². The maximum absolute atomic E-state index is 5.43. The maximum Gasteiger partial charge on any atom is 0.140 e. The van der Waals surface area contributed by atoms with E-state index in [-0.39, 0.29) is 12.4 Å². The number of pyridine rings is 1. The number of hydrogen-bond donors (Lipinski definition) is 0. The van der Waals surface area contributed by atoms with E-state index in [1.807, 2.05) is 12.3 Å². The Morgan fingerprint density at radius 3 is 2.78 bits per heavy atom. The summed E-state index contributed by atoms with van der Waals surface area (Å²) < 4.78 is 7.79. The Balaban J connectivity index is 0.00000156. The van der Waals surface area contributed by atoms with Crippen LogP contribution in [0.5, 0.6) is 0 Å². The molecule has 0 spiro atoms. The standard InChI is InChI=1S/C17H19N3OS.ClH/c1-3-14-13-15(16-4-2-12-22-16)20(17(14)18-5-1)7-6-19-8-10-21-11-9-19;/h1-5,12-13H,6-11H2;1H. The van der Waals surface area contributed by atoms with Crippen LogP contribution >= 0.6 is 23.7 Å². The van der Waals surface area contributed by atoms with Crippen molar-refractivity contribution in [3.63, 3.8) is 0 Å². The Hall–Kier alpha value is -1.40. The second kappa shape index (κ2) is 7.45. The molecule has 0 radical (unpaired) electrons. The van der Waals surface area contributed by atoms with Gasteiger partial charge < -0.3 is 9.30 Å². The van der Waals surface area contributed by atoms with Crippen LogP contribution in [0, 0.1) is 0 Å². The summed E-state index contributed by atoms with van der Waals surface area (Å²) in [7, 11) is 0. The van der Waals surface area contributed by atoms with Crippen molar-refractivity contribution in [1.29, 1.82) is 0 Å². The molecule has 1 aliphatic heterocycles. The number of fused-ring (bicyclic) bond motifs is 1. The first-order valence-corrected chi connectivity index (χ1v) is 8.58. The zero-order chi connectivity index (χ0) is 14.8. The second-order valence-electron chi connectivity index (χ2n) is 5.53. The van der Waals surface area contributed by atoms with Gasteiger partial charge in [-0.2, -0.15) is 0 Å². The van der Waals surface area contributed by atoms with Gasteiger partial charge in [0.05, 0.1) is 23.8 Å². The van der Waals surface area contributed by atoms with Gasteiger partial charge in [0.15, 0.2) is 0 Å². The Morgan fingerprint density at radius 2 is 2.00 bits per heavy atom. The predicted octanol–water partition coefficient (Wildman–Crippen LogP) is 3.52. The Bertz CT molecular complexity index is 750. The van der Waals surface area contributed by atoms with E-state index in [1.165, 1.54) is 16.0 Å². The van der Waals surface area contributed by atoms with E-state index < -0.39 is 0 Å². The Morgan fingerprint density at radius 1 is 1.13 bits per heavy atom. The summed E-state index contributed by atoms with van der Waals surface area (Å²) in [5, 5.41) is 3.35. The van der Waals surface area contributed by atoms with Crippen molar-refractivity contribution in [2.75, 3.05) is 32.8 Å². The third-order valence-electron chi connectivity index (χ3n) is 4.17. The van der Waals surface area contributed by atoms with Crippen molar-refractivity contribution >= 4 is 34.8 Å². The molecule has 3 aromatic rings. The molecule has 0 atom stereocenters. The van der Waals surface area contributed by atoms with Crippen LogP contribution in [0.3, 0.4) is 0 Å². The van der Waals surface area contributed by atoms with Gasteiger partial charge in [0.1, 0.15) is 5.65 Å². The highest BCUT2D eigenvalue weighted by Crippen LogP contribution is 2.30. The third kappa shape index (κ3) is 3.43. The van der Waals surface area contributed by atoms with Gasteiger partial charge in [0.2, 0.25) is 0 Å². The summed E-state index contributed by atoms with van der Waals surface area (Å²) in [5.41, 5.74) is 2.36. The molecule has 3 aromatic heterocycles. The van der Waals surface area contributed by atoms with Crippen LogP contribution < -0.4 is 0 Å². The average molecular weight is 350 g/mol. The minimum atomic E-state index is 0. The second-order valence-corrected chi connectivity index (χ2v) is 6.48. The number of nitrogens with zero attached hydrogens (tertiary/aromatic N) is 3. The molecule has 1 saturated heterocycles. The van der Waals surface area contributed by atoms with Gasteiger partial charge in [-0.3, -0.25) is 4.90 Å². The fraction of sp³-hybridized carbons (Fsp3) is 0.353. The lowest BCUT2D eigenvalue weighted by atomic mass is 10.3. The van der Waals surface area contributed by atoms with E-state index >= 15 is 0 Å². The molecule has 1 aliphatic rings. The fourth-order valence-corrected chi connectivity index (χ4v) is 3.76. The SMILES string of the molecule is Cl.c1csc(-c2cc3cccnc3n2CCN2CCOCC2)c1. The minimum Gasteiger partial charge on any atom is -0.379 e. The molecule has 0 unspecified atom stereocenters. The van der Waals surface area contributed by atoms with Crippen molar-refractivity contribution < 1.29 is 4.74 Å². The van der Waals surface area contributed by atoms with Gasteiger partial charge in [-0.15, -0.1) is 23.7 Å². The molecule has 122 valence electrons. The van der Waals surface area contributed by atoms with Gasteiger partial charge in [-0.1, -0.05) is 6.07 Å². The molecule has 23 heavy (non-hydrogen) atoms. The van der Waals surface area contributed by atoms with Gasteiger partial charge in [-0.05, 0) is 29.6 Å². The lowest BCUT2D eigenvalue weighted by Gasteiger charge is -2.27. The maximum atomic E-state index is 5.43. The van der Waals surface area contributed by atoms with Crippen LogP contribution in [0.1, 0.15) is 0 Å². The van der Waals surface area contributed by atoms with E-state index in [1.54, 1.807) is 11.3 Å². The molecule has 4 nitrogen and oxygen atoms in total. The Labute approximate surface area is 146 Å². The van der Waals surface area contributed by atoms with E-state index in [0.29, 0.717) is 0 Å². The molecule has 6 heteroatoms. The topological polar surface area (TPSA) is 30.3 Å². The van der Waals surface area contributed by atoms with Crippen molar-refractivity contribution in [2.45, 2.75) is 6.54 Å². The fourth-order valence-electron chi connectivity index (χ4n) is 3.01. The van der Waals surface area contributed by atoms with Gasteiger partial charge >= 0.3 is 0 Å². The summed E-state index contributed by atoms with van der Waals surface area (Å²) in [4.78, 5) is 8.37. The highest BCUT2D eigenvalue weighted by molar-refractivity contribution is 7.13. The van der Waals surface area contributed by atoms with Gasteiger partial charge in [-0.25, -0.2) is 4.98 Å². The molecule has 0 bridgehead atoms. The molecule has 0 aliphatic carbocycles. The zero-order valence-corrected chi connectivity index (χ0v) is 14.5. The summed E-state index contributed by atoms with van der Waals surface area (Å²) in [5.74, 6) is 0. The summed E-state index contributed by atoms with van der Waals surface area (Å²) in [6.45, 7) is 5.77. The van der Waals surface area contributed by atoms with E-state index in [2.05, 4.69) is 44.1 Å². The molecule has 4 rings (SSSR count). The Kier molecular flexibility index (Phi) is 5.33. The summed E-state index contributed by atoms with van der Waals surface area (Å²) in [6.07, 6.45) is 1.88. The smallest absolute Gasteiger partial charge is 0.140 e. The van der Waals surface area contributed by atoms with Crippen LogP contribution in [0.4, 0.5) is 0 Å². The van der Waals surface area contributed by atoms with E-state index in [9.17, 15) is 0 Å². The number of rotatable bonds is 4. The largest absolute Gasteiger partial charge is 0.379 e. The predicted molar refractivity (Wildman–Crippen MR) is 97.6 cm³/mol.